The molecule has 6 nitrogen and oxygen atoms in total. The average Bonchev–Trinajstić information content (AvgIpc) is 2.27. The summed E-state index contributed by atoms with van der Waals surface area (Å²) in [6.07, 6.45) is 1.58. The zero-order chi connectivity index (χ0) is 13.5. The number of carboxylic acid groups (broad SMARTS) is 1. The van der Waals surface area contributed by atoms with Crippen molar-refractivity contribution in [1.29, 1.82) is 5.26 Å². The van der Waals surface area contributed by atoms with E-state index in [1.807, 2.05) is 13.0 Å². The monoisotopic (exact) mass is 248 g/mol. The smallest absolute Gasteiger partial charge is 0.305 e. The van der Waals surface area contributed by atoms with Crippen LogP contribution < -0.4 is 5.32 Å². The maximum Gasteiger partial charge on any atom is 0.305 e. The van der Waals surface area contributed by atoms with Crippen molar-refractivity contribution in [2.75, 3.05) is 5.32 Å². The first-order valence-electron chi connectivity index (χ1n) is 5.79. The number of hydrogen-bond acceptors (Lipinski definition) is 5. The molecule has 0 spiro atoms. The van der Waals surface area contributed by atoms with Gasteiger partial charge in [0.1, 0.15) is 11.8 Å². The number of aryl methyl sites for hydroxylation is 1. The summed E-state index contributed by atoms with van der Waals surface area (Å²) in [5, 5.41) is 20.6. The van der Waals surface area contributed by atoms with Crippen LogP contribution >= 0.6 is 0 Å². The van der Waals surface area contributed by atoms with E-state index in [2.05, 4.69) is 15.3 Å². The molecule has 1 rings (SSSR count). The van der Waals surface area contributed by atoms with Crippen LogP contribution in [0.5, 0.6) is 0 Å². The van der Waals surface area contributed by atoms with Crippen molar-refractivity contribution in [3.63, 3.8) is 0 Å². The van der Waals surface area contributed by atoms with E-state index in [4.69, 9.17) is 10.4 Å². The molecule has 96 valence electrons. The highest BCUT2D eigenvalue weighted by Crippen LogP contribution is 2.10. The van der Waals surface area contributed by atoms with Gasteiger partial charge in [0.2, 0.25) is 5.95 Å². The van der Waals surface area contributed by atoms with Gasteiger partial charge in [-0.25, -0.2) is 9.97 Å². The Kier molecular flexibility index (Phi) is 5.06. The highest BCUT2D eigenvalue weighted by molar-refractivity contribution is 5.68. The molecule has 1 atom stereocenters. The van der Waals surface area contributed by atoms with Crippen molar-refractivity contribution in [3.05, 3.63) is 17.5 Å². The first-order valence-corrected chi connectivity index (χ1v) is 5.79. The van der Waals surface area contributed by atoms with Gasteiger partial charge in [-0.3, -0.25) is 4.79 Å². The van der Waals surface area contributed by atoms with E-state index < -0.39 is 5.97 Å². The average molecular weight is 248 g/mol. The lowest BCUT2D eigenvalue weighted by Crippen LogP contribution is -2.24. The fraction of sp³-hybridized carbons (Fsp3) is 0.500. The Morgan fingerprint density at radius 2 is 2.33 bits per heavy atom. The minimum atomic E-state index is -0.867. The van der Waals surface area contributed by atoms with Crippen LogP contribution in [0.15, 0.2) is 6.07 Å². The third-order valence-electron chi connectivity index (χ3n) is 2.36. The normalized spacial score (nSPS) is 11.6. The summed E-state index contributed by atoms with van der Waals surface area (Å²) < 4.78 is 0. The summed E-state index contributed by atoms with van der Waals surface area (Å²) >= 11 is 0. The van der Waals surface area contributed by atoms with Crippen molar-refractivity contribution >= 4 is 11.9 Å². The predicted molar refractivity (Wildman–Crippen MR) is 66.1 cm³/mol. The Morgan fingerprint density at radius 3 is 2.89 bits per heavy atom. The molecule has 0 aliphatic rings. The van der Waals surface area contributed by atoms with Crippen LogP contribution in [0.3, 0.4) is 0 Å². The lowest BCUT2D eigenvalue weighted by atomic mass is 10.1. The third kappa shape index (κ3) is 4.37. The van der Waals surface area contributed by atoms with Crippen LogP contribution in [0.1, 0.15) is 37.6 Å². The lowest BCUT2D eigenvalue weighted by molar-refractivity contribution is -0.137. The lowest BCUT2D eigenvalue weighted by Gasteiger charge is -2.16. The number of carbonyl (C=O) groups is 1. The van der Waals surface area contributed by atoms with Crippen molar-refractivity contribution < 1.29 is 9.90 Å². The number of nitrogens with zero attached hydrogens (tertiary/aromatic N) is 3. The number of carboxylic acids is 1. The van der Waals surface area contributed by atoms with Crippen molar-refractivity contribution in [2.24, 2.45) is 0 Å². The zero-order valence-corrected chi connectivity index (χ0v) is 10.5. The van der Waals surface area contributed by atoms with E-state index in [9.17, 15) is 4.79 Å². The van der Waals surface area contributed by atoms with E-state index in [0.29, 0.717) is 18.1 Å². The molecule has 0 amide bonds. The third-order valence-corrected chi connectivity index (χ3v) is 2.36. The fourth-order valence-electron chi connectivity index (χ4n) is 1.66. The first kappa shape index (κ1) is 13.9. The molecule has 0 radical (unpaired) electrons. The second-order valence-electron chi connectivity index (χ2n) is 4.06. The largest absolute Gasteiger partial charge is 0.481 e. The van der Waals surface area contributed by atoms with Gasteiger partial charge in [0.15, 0.2) is 0 Å². The molecule has 0 fully saturated rings. The van der Waals surface area contributed by atoms with Crippen molar-refractivity contribution in [3.8, 4) is 6.07 Å². The molecular formula is C12H16N4O2. The summed E-state index contributed by atoms with van der Waals surface area (Å²) in [7, 11) is 0. The van der Waals surface area contributed by atoms with Crippen LogP contribution in [0.25, 0.3) is 0 Å². The molecule has 0 saturated heterocycles. The maximum atomic E-state index is 10.7. The predicted octanol–water partition coefficient (Wildman–Crippen LogP) is 1.71. The van der Waals surface area contributed by atoms with Gasteiger partial charge >= 0.3 is 5.97 Å². The molecule has 1 heterocycles. The van der Waals surface area contributed by atoms with Gasteiger partial charge in [0.25, 0.3) is 0 Å². The van der Waals surface area contributed by atoms with Crippen LogP contribution in [0, 0.1) is 18.3 Å². The molecule has 0 bridgehead atoms. The Hall–Kier alpha value is -2.16. The summed E-state index contributed by atoms with van der Waals surface area (Å²) in [5.74, 6) is -0.555. The molecule has 1 unspecified atom stereocenters. The fourth-order valence-corrected chi connectivity index (χ4v) is 1.66. The molecule has 2 N–H and O–H groups in total. The van der Waals surface area contributed by atoms with Gasteiger partial charge in [0, 0.05) is 11.7 Å². The van der Waals surface area contributed by atoms with Gasteiger partial charge in [-0.1, -0.05) is 13.3 Å². The van der Waals surface area contributed by atoms with Crippen molar-refractivity contribution in [2.45, 2.75) is 39.2 Å². The molecule has 18 heavy (non-hydrogen) atoms. The highest BCUT2D eigenvalue weighted by Gasteiger charge is 2.14. The van der Waals surface area contributed by atoms with Gasteiger partial charge in [0.05, 0.1) is 6.42 Å². The van der Waals surface area contributed by atoms with Crippen LogP contribution in [0.4, 0.5) is 5.95 Å². The van der Waals surface area contributed by atoms with E-state index >= 15 is 0 Å². The van der Waals surface area contributed by atoms with E-state index in [0.717, 1.165) is 6.42 Å². The molecule has 0 aromatic carbocycles. The number of nitriles is 1. The van der Waals surface area contributed by atoms with Crippen LogP contribution in [-0.2, 0) is 4.79 Å². The van der Waals surface area contributed by atoms with Gasteiger partial charge in [-0.15, -0.1) is 0 Å². The molecule has 0 aliphatic carbocycles. The van der Waals surface area contributed by atoms with E-state index in [1.54, 1.807) is 13.0 Å². The number of aliphatic carboxylic acids is 1. The standard InChI is InChI=1S/C12H16N4O2/c1-3-4-9(6-11(17)18)15-12-14-8(2)5-10(7-13)16-12/h5,9H,3-4,6H2,1-2H3,(H,17,18)(H,14,15,16). The minimum absolute atomic E-state index is 0.00697. The Bertz CT molecular complexity index is 468. The van der Waals surface area contributed by atoms with Crippen molar-refractivity contribution in [1.82, 2.24) is 9.97 Å². The minimum Gasteiger partial charge on any atom is -0.481 e. The summed E-state index contributed by atoms with van der Waals surface area (Å²) in [4.78, 5) is 18.9. The van der Waals surface area contributed by atoms with Crippen LogP contribution in [0.2, 0.25) is 0 Å². The maximum absolute atomic E-state index is 10.7. The molecule has 1 aromatic rings. The Labute approximate surface area is 106 Å². The summed E-state index contributed by atoms with van der Waals surface area (Å²) in [5.41, 5.74) is 0.949. The molecule has 6 heteroatoms. The quantitative estimate of drug-likeness (QED) is 0.795. The van der Waals surface area contributed by atoms with Gasteiger partial charge in [-0.05, 0) is 19.4 Å². The van der Waals surface area contributed by atoms with E-state index in [1.165, 1.54) is 0 Å². The summed E-state index contributed by atoms with van der Waals surface area (Å²) in [6, 6.07) is 3.31. The number of nitrogens with one attached hydrogen (secondary N) is 1. The Morgan fingerprint density at radius 1 is 1.61 bits per heavy atom. The molecule has 0 aliphatic heterocycles. The number of anilines is 1. The SMILES string of the molecule is CCCC(CC(=O)O)Nc1nc(C)cc(C#N)n1. The van der Waals surface area contributed by atoms with Gasteiger partial charge in [-0.2, -0.15) is 5.26 Å². The first-order chi connectivity index (χ1) is 8.55. The second kappa shape index (κ2) is 6.55. The number of aromatic nitrogens is 2. The Balaban J connectivity index is 2.83. The number of hydrogen-bond donors (Lipinski definition) is 2. The molecule has 0 saturated carbocycles. The molecular weight excluding hydrogens is 232 g/mol. The number of rotatable bonds is 6. The zero-order valence-electron chi connectivity index (χ0n) is 10.5. The molecule has 1 aromatic heterocycles. The van der Waals surface area contributed by atoms with Gasteiger partial charge < -0.3 is 10.4 Å². The van der Waals surface area contributed by atoms with Crippen LogP contribution in [-0.4, -0.2) is 27.1 Å². The second-order valence-corrected chi connectivity index (χ2v) is 4.06. The summed E-state index contributed by atoms with van der Waals surface area (Å²) in [6.45, 7) is 3.74. The topological polar surface area (TPSA) is 98.9 Å². The highest BCUT2D eigenvalue weighted by atomic mass is 16.4. The van der Waals surface area contributed by atoms with E-state index in [-0.39, 0.29) is 18.2 Å².